The van der Waals surface area contributed by atoms with Crippen LogP contribution in [0.3, 0.4) is 0 Å². The number of rotatable bonds is 4. The van der Waals surface area contributed by atoms with Gasteiger partial charge in [0.2, 0.25) is 0 Å². The number of hydrogen-bond donors (Lipinski definition) is 1. The van der Waals surface area contributed by atoms with Gasteiger partial charge in [0.15, 0.2) is 0 Å². The number of hydrogen-bond acceptors (Lipinski definition) is 2. The van der Waals surface area contributed by atoms with Crippen LogP contribution in [0.5, 0.6) is 0 Å². The molecule has 0 radical (unpaired) electrons. The van der Waals surface area contributed by atoms with Crippen LogP contribution in [-0.4, -0.2) is 11.1 Å². The zero-order valence-corrected chi connectivity index (χ0v) is 13.5. The molecule has 22 heavy (non-hydrogen) atoms. The molecule has 3 nitrogen and oxygen atoms in total. The lowest BCUT2D eigenvalue weighted by atomic mass is 9.68. The largest absolute Gasteiger partial charge is 0.478 e. The molecule has 0 heterocycles. The molecule has 2 fully saturated rings. The SMILES string of the molecule is C/C=C/C=C(/C(=O)O)C1CCC(C2CCC(C#N)CC2)CC1. The van der Waals surface area contributed by atoms with Gasteiger partial charge in [-0.25, -0.2) is 4.79 Å². The van der Waals surface area contributed by atoms with Crippen LogP contribution in [-0.2, 0) is 4.79 Å². The van der Waals surface area contributed by atoms with Crippen LogP contribution in [0.4, 0.5) is 0 Å². The maximum Gasteiger partial charge on any atom is 0.331 e. The van der Waals surface area contributed by atoms with E-state index in [0.29, 0.717) is 5.57 Å². The van der Waals surface area contributed by atoms with Gasteiger partial charge in [0.1, 0.15) is 0 Å². The highest BCUT2D eigenvalue weighted by atomic mass is 16.4. The molecule has 0 unspecified atom stereocenters. The Hall–Kier alpha value is -1.56. The summed E-state index contributed by atoms with van der Waals surface area (Å²) in [6.45, 7) is 1.91. The van der Waals surface area contributed by atoms with Crippen LogP contribution >= 0.6 is 0 Å². The average molecular weight is 301 g/mol. The van der Waals surface area contributed by atoms with E-state index >= 15 is 0 Å². The second-order valence-corrected chi connectivity index (χ2v) is 6.81. The van der Waals surface area contributed by atoms with Crippen molar-refractivity contribution in [2.75, 3.05) is 0 Å². The molecule has 2 rings (SSSR count). The van der Waals surface area contributed by atoms with E-state index in [4.69, 9.17) is 5.26 Å². The van der Waals surface area contributed by atoms with Crippen molar-refractivity contribution in [3.63, 3.8) is 0 Å². The topological polar surface area (TPSA) is 61.1 Å². The van der Waals surface area contributed by atoms with Crippen molar-refractivity contribution >= 4 is 5.97 Å². The molecule has 0 bridgehead atoms. The Labute approximate surface area is 133 Å². The first-order valence-electron chi connectivity index (χ1n) is 8.61. The zero-order valence-electron chi connectivity index (χ0n) is 13.5. The van der Waals surface area contributed by atoms with Gasteiger partial charge in [-0.1, -0.05) is 18.2 Å². The lowest BCUT2D eigenvalue weighted by Gasteiger charge is -2.36. The molecule has 0 aliphatic heterocycles. The van der Waals surface area contributed by atoms with Crippen LogP contribution in [0.1, 0.15) is 58.3 Å². The molecule has 0 aromatic heterocycles. The van der Waals surface area contributed by atoms with Crippen LogP contribution < -0.4 is 0 Å². The second-order valence-electron chi connectivity index (χ2n) is 6.81. The summed E-state index contributed by atoms with van der Waals surface area (Å²) in [6, 6.07) is 2.40. The predicted molar refractivity (Wildman–Crippen MR) is 87.0 cm³/mol. The van der Waals surface area contributed by atoms with Crippen molar-refractivity contribution in [2.45, 2.75) is 58.3 Å². The molecule has 0 spiro atoms. The Morgan fingerprint density at radius 1 is 1.05 bits per heavy atom. The summed E-state index contributed by atoms with van der Waals surface area (Å²) >= 11 is 0. The van der Waals surface area contributed by atoms with Crippen LogP contribution in [0.15, 0.2) is 23.8 Å². The number of nitrogens with zero attached hydrogens (tertiary/aromatic N) is 1. The number of aliphatic carboxylic acids is 1. The number of carboxylic acids is 1. The summed E-state index contributed by atoms with van der Waals surface area (Å²) in [7, 11) is 0. The van der Waals surface area contributed by atoms with Crippen LogP contribution in [0.2, 0.25) is 0 Å². The summed E-state index contributed by atoms with van der Waals surface area (Å²) in [5, 5.41) is 18.4. The van der Waals surface area contributed by atoms with Crippen molar-refractivity contribution in [3.05, 3.63) is 23.8 Å². The van der Waals surface area contributed by atoms with Crippen molar-refractivity contribution in [1.82, 2.24) is 0 Å². The monoisotopic (exact) mass is 301 g/mol. The van der Waals surface area contributed by atoms with E-state index in [0.717, 1.165) is 50.4 Å². The molecule has 0 atom stereocenters. The number of allylic oxidation sites excluding steroid dienone is 3. The molecule has 1 N–H and O–H groups in total. The standard InChI is InChI=1S/C19H27NO2/c1-2-3-4-18(19(21)22)17-11-9-16(10-12-17)15-7-5-14(13-20)6-8-15/h2-4,14-17H,5-12H2,1H3,(H,21,22)/b3-2+,18-4+. The van der Waals surface area contributed by atoms with Gasteiger partial charge in [-0.15, -0.1) is 0 Å². The van der Waals surface area contributed by atoms with E-state index in [2.05, 4.69) is 6.07 Å². The van der Waals surface area contributed by atoms with Gasteiger partial charge < -0.3 is 5.11 Å². The molecule has 2 aliphatic rings. The van der Waals surface area contributed by atoms with Gasteiger partial charge in [-0.3, -0.25) is 0 Å². The molecule has 3 heteroatoms. The van der Waals surface area contributed by atoms with E-state index in [1.165, 1.54) is 12.8 Å². The van der Waals surface area contributed by atoms with E-state index in [-0.39, 0.29) is 11.8 Å². The van der Waals surface area contributed by atoms with Crippen molar-refractivity contribution in [3.8, 4) is 6.07 Å². The Kier molecular flexibility index (Phi) is 6.24. The fraction of sp³-hybridized carbons (Fsp3) is 0.684. The van der Waals surface area contributed by atoms with Gasteiger partial charge >= 0.3 is 5.97 Å². The molecule has 2 aliphatic carbocycles. The van der Waals surface area contributed by atoms with Crippen LogP contribution in [0, 0.1) is 35.0 Å². The van der Waals surface area contributed by atoms with Crippen molar-refractivity contribution in [1.29, 1.82) is 5.26 Å². The molecule has 0 aromatic carbocycles. The smallest absolute Gasteiger partial charge is 0.331 e. The quantitative estimate of drug-likeness (QED) is 0.604. The van der Waals surface area contributed by atoms with E-state index in [9.17, 15) is 9.90 Å². The molecule has 0 amide bonds. The molecule has 0 saturated heterocycles. The maximum absolute atomic E-state index is 11.4. The zero-order chi connectivity index (χ0) is 15.9. The summed E-state index contributed by atoms with van der Waals surface area (Å²) in [5.41, 5.74) is 0.574. The van der Waals surface area contributed by atoms with Gasteiger partial charge in [-0.05, 0) is 76.0 Å². The normalized spacial score (nSPS) is 33.5. The minimum Gasteiger partial charge on any atom is -0.478 e. The lowest BCUT2D eigenvalue weighted by molar-refractivity contribution is -0.133. The fourth-order valence-electron chi connectivity index (χ4n) is 4.20. The number of nitriles is 1. The molecule has 0 aromatic rings. The summed E-state index contributed by atoms with van der Waals surface area (Å²) in [4.78, 5) is 11.4. The number of carbonyl (C=O) groups is 1. The minimum absolute atomic E-state index is 0.209. The van der Waals surface area contributed by atoms with Crippen LogP contribution in [0.25, 0.3) is 0 Å². The van der Waals surface area contributed by atoms with Crippen molar-refractivity contribution in [2.24, 2.45) is 23.7 Å². The predicted octanol–water partition coefficient (Wildman–Crippen LogP) is 4.71. The number of carboxylic acid groups (broad SMARTS) is 1. The third-order valence-corrected chi connectivity index (χ3v) is 5.55. The summed E-state index contributed by atoms with van der Waals surface area (Å²) < 4.78 is 0. The fourth-order valence-corrected chi connectivity index (χ4v) is 4.20. The van der Waals surface area contributed by atoms with Gasteiger partial charge in [0, 0.05) is 11.5 Å². The molecular formula is C19H27NO2. The van der Waals surface area contributed by atoms with Gasteiger partial charge in [0.05, 0.1) is 6.07 Å². The molecular weight excluding hydrogens is 274 g/mol. The highest BCUT2D eigenvalue weighted by Gasteiger charge is 2.32. The summed E-state index contributed by atoms with van der Waals surface area (Å²) in [6.07, 6.45) is 14.3. The average Bonchev–Trinajstić information content (AvgIpc) is 2.55. The summed E-state index contributed by atoms with van der Waals surface area (Å²) in [5.74, 6) is 1.22. The maximum atomic E-state index is 11.4. The van der Waals surface area contributed by atoms with E-state index in [1.807, 2.05) is 19.1 Å². The highest BCUT2D eigenvalue weighted by Crippen LogP contribution is 2.42. The Bertz CT molecular complexity index is 470. The van der Waals surface area contributed by atoms with E-state index < -0.39 is 5.97 Å². The third-order valence-electron chi connectivity index (χ3n) is 5.55. The first-order chi connectivity index (χ1) is 10.7. The lowest BCUT2D eigenvalue weighted by Crippen LogP contribution is -2.27. The van der Waals surface area contributed by atoms with Gasteiger partial charge in [-0.2, -0.15) is 5.26 Å². The first-order valence-corrected chi connectivity index (χ1v) is 8.61. The highest BCUT2D eigenvalue weighted by molar-refractivity contribution is 5.87. The Morgan fingerprint density at radius 2 is 1.59 bits per heavy atom. The molecule has 120 valence electrons. The van der Waals surface area contributed by atoms with Crippen molar-refractivity contribution < 1.29 is 9.90 Å². The van der Waals surface area contributed by atoms with Gasteiger partial charge in [0.25, 0.3) is 0 Å². The van der Waals surface area contributed by atoms with E-state index in [1.54, 1.807) is 6.08 Å². The first kappa shape index (κ1) is 16.8. The Balaban J connectivity index is 1.87. The minimum atomic E-state index is -0.768. The second kappa shape index (κ2) is 8.17. The third kappa shape index (κ3) is 4.22. The molecule has 2 saturated carbocycles. The Morgan fingerprint density at radius 3 is 2.05 bits per heavy atom.